The molecule has 116 valence electrons. The van der Waals surface area contributed by atoms with E-state index < -0.39 is 23.4 Å². The van der Waals surface area contributed by atoms with Crippen LogP contribution in [0.4, 0.5) is 0 Å². The molecule has 0 spiro atoms. The molecule has 5 heteroatoms. The Morgan fingerprint density at radius 3 is 2.00 bits per heavy atom. The van der Waals surface area contributed by atoms with Gasteiger partial charge in [0.2, 0.25) is 0 Å². The first-order valence-corrected chi connectivity index (χ1v) is 7.01. The van der Waals surface area contributed by atoms with Crippen molar-refractivity contribution in [1.29, 1.82) is 0 Å². The van der Waals surface area contributed by atoms with Crippen molar-refractivity contribution in [3.05, 3.63) is 0 Å². The third kappa shape index (κ3) is 7.84. The van der Waals surface area contributed by atoms with Gasteiger partial charge in [-0.15, -0.1) is 0 Å². The predicted molar refractivity (Wildman–Crippen MR) is 73.9 cm³/mol. The molecule has 0 saturated heterocycles. The fourth-order valence-electron chi connectivity index (χ4n) is 1.88. The molecular formula is C14H30O5. The van der Waals surface area contributed by atoms with Crippen LogP contribution in [0.2, 0.25) is 0 Å². The van der Waals surface area contributed by atoms with E-state index >= 15 is 0 Å². The minimum Gasteiger partial charge on any atom is -0.394 e. The first-order valence-electron chi connectivity index (χ1n) is 7.01. The first-order chi connectivity index (χ1) is 8.68. The molecule has 0 saturated carbocycles. The van der Waals surface area contributed by atoms with Gasteiger partial charge in [-0.2, -0.15) is 0 Å². The molecule has 0 aliphatic heterocycles. The normalized spacial score (nSPS) is 21.5. The summed E-state index contributed by atoms with van der Waals surface area (Å²) >= 11 is 0. The lowest BCUT2D eigenvalue weighted by atomic mass is 9.94. The monoisotopic (exact) mass is 278 g/mol. The molecule has 0 aromatic carbocycles. The highest BCUT2D eigenvalue weighted by molar-refractivity contribution is 4.80. The van der Waals surface area contributed by atoms with Gasteiger partial charge in [-0.1, -0.05) is 13.8 Å². The Morgan fingerprint density at radius 2 is 1.58 bits per heavy atom. The van der Waals surface area contributed by atoms with E-state index in [-0.39, 0.29) is 19.6 Å². The summed E-state index contributed by atoms with van der Waals surface area (Å²) in [5.41, 5.74) is -1.47. The Hall–Kier alpha value is -0.200. The Bertz CT molecular complexity index is 244. The maximum absolute atomic E-state index is 9.88. The summed E-state index contributed by atoms with van der Waals surface area (Å²) in [6.07, 6.45) is 0.245. The van der Waals surface area contributed by atoms with E-state index in [1.165, 1.54) is 0 Å². The fourth-order valence-corrected chi connectivity index (χ4v) is 1.88. The van der Waals surface area contributed by atoms with Crippen LogP contribution in [0.25, 0.3) is 0 Å². The minimum atomic E-state index is -0.893. The molecule has 0 bridgehead atoms. The summed E-state index contributed by atoms with van der Waals surface area (Å²) < 4.78 is 5.67. The van der Waals surface area contributed by atoms with E-state index in [4.69, 9.17) is 9.84 Å². The number of hydrogen-bond acceptors (Lipinski definition) is 5. The summed E-state index contributed by atoms with van der Waals surface area (Å²) in [7, 11) is 0. The Kier molecular flexibility index (Phi) is 8.08. The molecule has 0 aromatic rings. The highest BCUT2D eigenvalue weighted by Crippen LogP contribution is 2.23. The van der Waals surface area contributed by atoms with Crippen LogP contribution in [0.5, 0.6) is 0 Å². The van der Waals surface area contributed by atoms with Gasteiger partial charge < -0.3 is 25.2 Å². The number of aliphatic hydroxyl groups excluding tert-OH is 3. The lowest BCUT2D eigenvalue weighted by molar-refractivity contribution is -0.109. The van der Waals surface area contributed by atoms with E-state index in [0.717, 1.165) is 0 Å². The molecule has 4 atom stereocenters. The van der Waals surface area contributed by atoms with Crippen molar-refractivity contribution in [3.63, 3.8) is 0 Å². The average molecular weight is 278 g/mol. The highest BCUT2D eigenvalue weighted by Gasteiger charge is 2.29. The van der Waals surface area contributed by atoms with Crippen LogP contribution in [0.15, 0.2) is 0 Å². The molecule has 0 amide bonds. The molecule has 0 aliphatic rings. The van der Waals surface area contributed by atoms with Gasteiger partial charge in [0.25, 0.3) is 0 Å². The Balaban J connectivity index is 4.26. The third-order valence-corrected chi connectivity index (χ3v) is 3.69. The van der Waals surface area contributed by atoms with Crippen molar-refractivity contribution in [2.75, 3.05) is 13.2 Å². The summed E-state index contributed by atoms with van der Waals surface area (Å²) in [5, 5.41) is 38.1. The predicted octanol–water partition coefficient (Wildman–Crippen LogP) is 0.827. The zero-order valence-electron chi connectivity index (χ0n) is 12.6. The number of ether oxygens (including phenoxy) is 1. The Morgan fingerprint density at radius 1 is 1.00 bits per heavy atom. The summed E-state index contributed by atoms with van der Waals surface area (Å²) in [6.45, 7) is 7.13. The van der Waals surface area contributed by atoms with Crippen molar-refractivity contribution in [2.45, 2.75) is 76.8 Å². The van der Waals surface area contributed by atoms with Crippen LogP contribution in [-0.4, -0.2) is 57.0 Å². The molecule has 4 unspecified atom stereocenters. The van der Waals surface area contributed by atoms with Crippen molar-refractivity contribution in [2.24, 2.45) is 0 Å². The lowest BCUT2D eigenvalue weighted by Gasteiger charge is -2.32. The van der Waals surface area contributed by atoms with Gasteiger partial charge in [-0.3, -0.25) is 0 Å². The smallest absolute Gasteiger partial charge is 0.0801 e. The zero-order valence-corrected chi connectivity index (χ0v) is 12.6. The fraction of sp³-hybridized carbons (Fsp3) is 1.00. The van der Waals surface area contributed by atoms with Gasteiger partial charge >= 0.3 is 0 Å². The molecular weight excluding hydrogens is 248 g/mol. The lowest BCUT2D eigenvalue weighted by Crippen LogP contribution is -2.38. The second-order valence-electron chi connectivity index (χ2n) is 5.86. The number of rotatable bonds is 10. The SMILES string of the molecule is CCC(C)(O)CC(O)COC(C)(CC)CC(O)CO. The standard InChI is InChI=1S/C14H30O5/c1-5-13(3,18)7-12(17)10-19-14(4,6-2)8-11(16)9-15/h11-12,15-18H,5-10H2,1-4H3. The number of aliphatic hydroxyl groups is 4. The maximum atomic E-state index is 9.88. The van der Waals surface area contributed by atoms with Gasteiger partial charge in [0.1, 0.15) is 0 Å². The molecule has 0 fully saturated rings. The van der Waals surface area contributed by atoms with Crippen molar-refractivity contribution in [3.8, 4) is 0 Å². The molecule has 0 heterocycles. The van der Waals surface area contributed by atoms with Crippen LogP contribution in [0.1, 0.15) is 53.4 Å². The van der Waals surface area contributed by atoms with Gasteiger partial charge in [-0.25, -0.2) is 0 Å². The average Bonchev–Trinajstić information content (AvgIpc) is 2.36. The maximum Gasteiger partial charge on any atom is 0.0801 e. The van der Waals surface area contributed by atoms with E-state index in [0.29, 0.717) is 19.3 Å². The largest absolute Gasteiger partial charge is 0.394 e. The Labute approximate surface area is 116 Å². The minimum absolute atomic E-state index is 0.110. The van der Waals surface area contributed by atoms with Gasteiger partial charge in [0.15, 0.2) is 0 Å². The van der Waals surface area contributed by atoms with Crippen molar-refractivity contribution >= 4 is 0 Å². The molecule has 0 aromatic heterocycles. The van der Waals surface area contributed by atoms with Crippen LogP contribution in [-0.2, 0) is 4.74 Å². The molecule has 5 nitrogen and oxygen atoms in total. The van der Waals surface area contributed by atoms with Crippen LogP contribution in [0.3, 0.4) is 0 Å². The zero-order chi connectivity index (χ0) is 15.1. The van der Waals surface area contributed by atoms with E-state index in [1.807, 2.05) is 20.8 Å². The van der Waals surface area contributed by atoms with E-state index in [2.05, 4.69) is 0 Å². The second kappa shape index (κ2) is 8.17. The van der Waals surface area contributed by atoms with Crippen molar-refractivity contribution in [1.82, 2.24) is 0 Å². The molecule has 0 aliphatic carbocycles. The van der Waals surface area contributed by atoms with Gasteiger partial charge in [-0.05, 0) is 26.7 Å². The molecule has 0 rings (SSSR count). The molecule has 19 heavy (non-hydrogen) atoms. The summed E-state index contributed by atoms with van der Waals surface area (Å²) in [4.78, 5) is 0. The van der Waals surface area contributed by atoms with Gasteiger partial charge in [0.05, 0.1) is 36.6 Å². The van der Waals surface area contributed by atoms with E-state index in [9.17, 15) is 15.3 Å². The van der Waals surface area contributed by atoms with E-state index in [1.54, 1.807) is 6.92 Å². The number of hydrogen-bond donors (Lipinski definition) is 4. The quantitative estimate of drug-likeness (QED) is 0.475. The summed E-state index contributed by atoms with van der Waals surface area (Å²) in [6, 6.07) is 0. The van der Waals surface area contributed by atoms with Gasteiger partial charge in [0, 0.05) is 12.8 Å². The second-order valence-corrected chi connectivity index (χ2v) is 5.86. The van der Waals surface area contributed by atoms with Crippen LogP contribution in [0, 0.1) is 0 Å². The van der Waals surface area contributed by atoms with Crippen LogP contribution >= 0.6 is 0 Å². The third-order valence-electron chi connectivity index (χ3n) is 3.69. The highest BCUT2D eigenvalue weighted by atomic mass is 16.5. The summed E-state index contributed by atoms with van der Waals surface area (Å²) in [5.74, 6) is 0. The van der Waals surface area contributed by atoms with Crippen molar-refractivity contribution < 1.29 is 25.2 Å². The first kappa shape index (κ1) is 18.8. The molecule has 4 N–H and O–H groups in total. The van der Waals surface area contributed by atoms with Crippen LogP contribution < -0.4 is 0 Å². The topological polar surface area (TPSA) is 90.2 Å². The molecule has 0 radical (unpaired) electrons.